The van der Waals surface area contributed by atoms with E-state index in [0.29, 0.717) is 0 Å². The van der Waals surface area contributed by atoms with Crippen LogP contribution in [0.25, 0.3) is 0 Å². The third kappa shape index (κ3) is 6.52. The van der Waals surface area contributed by atoms with Crippen LogP contribution in [0.4, 0.5) is 10.1 Å². The van der Waals surface area contributed by atoms with Crippen LogP contribution in [0, 0.1) is 5.82 Å². The molecular weight excluding hydrogens is 363 g/mol. The highest BCUT2D eigenvalue weighted by molar-refractivity contribution is 6.31. The van der Waals surface area contributed by atoms with E-state index in [0.717, 1.165) is 11.6 Å². The Labute approximate surface area is 154 Å². The minimum atomic E-state index is -0.751. The third-order valence-corrected chi connectivity index (χ3v) is 3.49. The molecule has 2 rings (SSSR count). The Bertz CT molecular complexity index is 799. The number of hydrogen-bond acceptors (Lipinski definition) is 4. The summed E-state index contributed by atoms with van der Waals surface area (Å²) in [6.07, 6.45) is 0.139. The van der Waals surface area contributed by atoms with E-state index in [4.69, 9.17) is 16.3 Å². The minimum Gasteiger partial charge on any atom is -0.454 e. The second-order valence-electron chi connectivity index (χ2n) is 5.28. The minimum absolute atomic E-state index is 0.138. The molecule has 0 aromatic heterocycles. The second-order valence-corrected chi connectivity index (χ2v) is 5.68. The summed E-state index contributed by atoms with van der Waals surface area (Å²) in [5.74, 6) is -2.31. The molecule has 0 bridgehead atoms. The van der Waals surface area contributed by atoms with Gasteiger partial charge in [0, 0.05) is 5.69 Å². The van der Waals surface area contributed by atoms with Crippen molar-refractivity contribution < 1.29 is 23.5 Å². The molecule has 0 unspecified atom stereocenters. The maximum absolute atomic E-state index is 13.0. The number of anilines is 1. The molecule has 0 spiro atoms. The number of carbonyl (C=O) groups is 3. The zero-order chi connectivity index (χ0) is 18.9. The molecular formula is C18H16ClFN2O4. The highest BCUT2D eigenvalue weighted by Gasteiger charge is 2.11. The van der Waals surface area contributed by atoms with Crippen LogP contribution >= 0.6 is 11.6 Å². The van der Waals surface area contributed by atoms with Gasteiger partial charge in [-0.1, -0.05) is 41.9 Å². The summed E-state index contributed by atoms with van der Waals surface area (Å²) in [4.78, 5) is 35.0. The SMILES string of the molecule is O=C(Cc1ccccc1)NCC(=O)OCC(=O)Nc1ccc(F)c(Cl)c1. The van der Waals surface area contributed by atoms with Crippen molar-refractivity contribution in [2.24, 2.45) is 0 Å². The highest BCUT2D eigenvalue weighted by Crippen LogP contribution is 2.19. The van der Waals surface area contributed by atoms with Crippen molar-refractivity contribution in [3.05, 3.63) is 64.9 Å². The van der Waals surface area contributed by atoms with Gasteiger partial charge in [-0.15, -0.1) is 0 Å². The maximum Gasteiger partial charge on any atom is 0.325 e. The maximum atomic E-state index is 13.0. The molecule has 8 heteroatoms. The number of benzene rings is 2. The van der Waals surface area contributed by atoms with Crippen LogP contribution in [-0.2, 0) is 25.5 Å². The van der Waals surface area contributed by atoms with Crippen LogP contribution in [-0.4, -0.2) is 30.9 Å². The van der Waals surface area contributed by atoms with Crippen LogP contribution in [0.15, 0.2) is 48.5 Å². The average Bonchev–Trinajstić information content (AvgIpc) is 2.62. The number of rotatable bonds is 7. The Kier molecular flexibility index (Phi) is 7.11. The first kappa shape index (κ1) is 19.4. The quantitative estimate of drug-likeness (QED) is 0.724. The Morgan fingerprint density at radius 1 is 1.04 bits per heavy atom. The highest BCUT2D eigenvalue weighted by atomic mass is 35.5. The molecule has 6 nitrogen and oxygen atoms in total. The summed E-state index contributed by atoms with van der Waals surface area (Å²) < 4.78 is 17.8. The Hall–Kier alpha value is -2.93. The lowest BCUT2D eigenvalue weighted by Gasteiger charge is -2.08. The van der Waals surface area contributed by atoms with Gasteiger partial charge in [-0.3, -0.25) is 14.4 Å². The van der Waals surface area contributed by atoms with Crippen molar-refractivity contribution in [3.63, 3.8) is 0 Å². The van der Waals surface area contributed by atoms with Gasteiger partial charge in [-0.25, -0.2) is 4.39 Å². The Morgan fingerprint density at radius 2 is 1.77 bits per heavy atom. The molecule has 2 aromatic rings. The average molecular weight is 379 g/mol. The summed E-state index contributed by atoms with van der Waals surface area (Å²) >= 11 is 5.60. The lowest BCUT2D eigenvalue weighted by Crippen LogP contribution is -2.33. The van der Waals surface area contributed by atoms with Crippen LogP contribution in [0.5, 0.6) is 0 Å². The first-order valence-electron chi connectivity index (χ1n) is 7.65. The molecule has 0 atom stereocenters. The van der Waals surface area contributed by atoms with Crippen LogP contribution in [0.3, 0.4) is 0 Å². The summed E-state index contributed by atoms with van der Waals surface area (Å²) in [5, 5.41) is 4.68. The summed E-state index contributed by atoms with van der Waals surface area (Å²) in [7, 11) is 0. The van der Waals surface area contributed by atoms with Crippen LogP contribution in [0.1, 0.15) is 5.56 Å². The van der Waals surface area contributed by atoms with Crippen molar-refractivity contribution in [2.45, 2.75) is 6.42 Å². The van der Waals surface area contributed by atoms with Crippen molar-refractivity contribution in [3.8, 4) is 0 Å². The van der Waals surface area contributed by atoms with E-state index in [-0.39, 0.29) is 29.6 Å². The molecule has 136 valence electrons. The summed E-state index contributed by atoms with van der Waals surface area (Å²) in [6.45, 7) is -0.885. The van der Waals surface area contributed by atoms with Crippen molar-refractivity contribution in [1.29, 1.82) is 0 Å². The molecule has 0 saturated carbocycles. The predicted octanol–water partition coefficient (Wildman–Crippen LogP) is 2.32. The van der Waals surface area contributed by atoms with E-state index < -0.39 is 24.3 Å². The van der Waals surface area contributed by atoms with Crippen LogP contribution in [0.2, 0.25) is 5.02 Å². The largest absolute Gasteiger partial charge is 0.454 e. The molecule has 0 saturated heterocycles. The topological polar surface area (TPSA) is 84.5 Å². The lowest BCUT2D eigenvalue weighted by atomic mass is 10.1. The monoisotopic (exact) mass is 378 g/mol. The number of ether oxygens (including phenoxy) is 1. The van der Waals surface area contributed by atoms with Gasteiger partial charge in [0.15, 0.2) is 6.61 Å². The van der Waals surface area contributed by atoms with Gasteiger partial charge >= 0.3 is 5.97 Å². The normalized spacial score (nSPS) is 10.1. The Morgan fingerprint density at radius 3 is 2.46 bits per heavy atom. The van der Waals surface area contributed by atoms with Crippen LogP contribution < -0.4 is 10.6 Å². The van der Waals surface area contributed by atoms with Gasteiger partial charge in [-0.05, 0) is 23.8 Å². The first-order chi connectivity index (χ1) is 12.4. The van der Waals surface area contributed by atoms with Gasteiger partial charge < -0.3 is 15.4 Å². The fraction of sp³-hybridized carbons (Fsp3) is 0.167. The zero-order valence-electron chi connectivity index (χ0n) is 13.6. The molecule has 0 aliphatic rings. The third-order valence-electron chi connectivity index (χ3n) is 3.21. The molecule has 0 aliphatic heterocycles. The number of hydrogen-bond donors (Lipinski definition) is 2. The van der Waals surface area contributed by atoms with E-state index in [1.165, 1.54) is 12.1 Å². The molecule has 0 fully saturated rings. The van der Waals surface area contributed by atoms with Crippen molar-refractivity contribution >= 4 is 35.1 Å². The number of esters is 1. The molecule has 0 aliphatic carbocycles. The number of halogens is 2. The predicted molar refractivity (Wildman–Crippen MR) is 94.2 cm³/mol. The van der Waals surface area contributed by atoms with Crippen molar-refractivity contribution in [1.82, 2.24) is 5.32 Å². The van der Waals surface area contributed by atoms with Gasteiger partial charge in [-0.2, -0.15) is 0 Å². The zero-order valence-corrected chi connectivity index (χ0v) is 14.4. The van der Waals surface area contributed by atoms with E-state index in [2.05, 4.69) is 10.6 Å². The summed E-state index contributed by atoms with van der Waals surface area (Å²) in [6, 6.07) is 12.7. The molecule has 0 heterocycles. The van der Waals surface area contributed by atoms with E-state index in [1.54, 1.807) is 12.1 Å². The second kappa shape index (κ2) is 9.53. The Balaban J connectivity index is 1.68. The van der Waals surface area contributed by atoms with Crippen molar-refractivity contribution in [2.75, 3.05) is 18.5 Å². The first-order valence-corrected chi connectivity index (χ1v) is 8.03. The van der Waals surface area contributed by atoms with Gasteiger partial charge in [0.05, 0.1) is 11.4 Å². The van der Waals surface area contributed by atoms with E-state index in [9.17, 15) is 18.8 Å². The standard InChI is InChI=1S/C18H16ClFN2O4/c19-14-9-13(6-7-15(14)20)22-17(24)11-26-18(25)10-21-16(23)8-12-4-2-1-3-5-12/h1-7,9H,8,10-11H2,(H,21,23)(H,22,24). The van der Waals surface area contributed by atoms with Gasteiger partial charge in [0.2, 0.25) is 5.91 Å². The van der Waals surface area contributed by atoms with Gasteiger partial charge in [0.25, 0.3) is 5.91 Å². The van der Waals surface area contributed by atoms with Gasteiger partial charge in [0.1, 0.15) is 12.4 Å². The molecule has 2 amide bonds. The number of amides is 2. The molecule has 26 heavy (non-hydrogen) atoms. The molecule has 2 aromatic carbocycles. The fourth-order valence-electron chi connectivity index (χ4n) is 1.98. The fourth-order valence-corrected chi connectivity index (χ4v) is 2.16. The van der Waals surface area contributed by atoms with E-state index >= 15 is 0 Å². The number of carbonyl (C=O) groups excluding carboxylic acids is 3. The summed E-state index contributed by atoms with van der Waals surface area (Å²) in [5.41, 5.74) is 1.09. The number of nitrogens with one attached hydrogen (secondary N) is 2. The molecule has 2 N–H and O–H groups in total. The lowest BCUT2D eigenvalue weighted by molar-refractivity contribution is -0.147. The van der Waals surface area contributed by atoms with E-state index in [1.807, 2.05) is 18.2 Å². The molecule has 0 radical (unpaired) electrons. The smallest absolute Gasteiger partial charge is 0.325 e.